The minimum Gasteiger partial charge on any atom is -0.377 e. The molecule has 0 aromatic heterocycles. The number of amides is 1. The number of Topliss-reactive ketones (excluding diaryl/α,β-unsaturated/α-hetero) is 1. The number of hydrogen-bond donors (Lipinski definition) is 0. The van der Waals surface area contributed by atoms with Crippen molar-refractivity contribution in [2.24, 2.45) is 0 Å². The second-order valence-corrected chi connectivity index (χ2v) is 5.86. The van der Waals surface area contributed by atoms with Gasteiger partial charge in [0.25, 0.3) is 0 Å². The molecule has 0 N–H and O–H groups in total. The maximum atomic E-state index is 11.9. The van der Waals surface area contributed by atoms with Crippen molar-refractivity contribution in [3.63, 3.8) is 0 Å². The van der Waals surface area contributed by atoms with Crippen molar-refractivity contribution < 1.29 is 14.3 Å². The number of nitrogens with zero attached hydrogens (tertiary/aromatic N) is 1. The molecule has 0 aliphatic carbocycles. The van der Waals surface area contributed by atoms with Crippen LogP contribution in [0.2, 0.25) is 0 Å². The third-order valence-corrected chi connectivity index (χ3v) is 4.86. The molecule has 2 aliphatic heterocycles. The summed E-state index contributed by atoms with van der Waals surface area (Å²) in [6, 6.07) is 0. The topological polar surface area (TPSA) is 46.6 Å². The van der Waals surface area contributed by atoms with Crippen molar-refractivity contribution in [2.45, 2.75) is 37.5 Å². The lowest BCUT2D eigenvalue weighted by Crippen LogP contribution is -2.40. The molecule has 2 atom stereocenters. The molecule has 0 saturated carbocycles. The molecule has 2 heterocycles. The first-order valence-corrected chi connectivity index (χ1v) is 7.24. The van der Waals surface area contributed by atoms with Gasteiger partial charge in [0.1, 0.15) is 5.78 Å². The second-order valence-electron chi connectivity index (χ2n) is 4.63. The lowest BCUT2D eigenvalue weighted by molar-refractivity contribution is -0.132. The first kappa shape index (κ1) is 12.9. The van der Waals surface area contributed by atoms with Crippen LogP contribution in [0.1, 0.15) is 26.2 Å². The number of thioether (sulfide) groups is 1. The van der Waals surface area contributed by atoms with E-state index in [1.807, 2.05) is 4.90 Å². The number of ether oxygens (including phenoxy) is 1. The lowest BCUT2D eigenvalue weighted by atomic mass is 10.1. The van der Waals surface area contributed by atoms with Crippen molar-refractivity contribution in [3.05, 3.63) is 0 Å². The van der Waals surface area contributed by atoms with E-state index >= 15 is 0 Å². The van der Waals surface area contributed by atoms with Crippen molar-refractivity contribution >= 4 is 23.5 Å². The van der Waals surface area contributed by atoms with Gasteiger partial charge in [0.05, 0.1) is 11.9 Å². The SMILES string of the molecule is CC1OCCC1SCC(=O)N1CCC(=O)CC1. The number of carbonyl (C=O) groups excluding carboxylic acids is 2. The van der Waals surface area contributed by atoms with E-state index in [1.54, 1.807) is 11.8 Å². The molecule has 2 saturated heterocycles. The minimum atomic E-state index is 0.168. The summed E-state index contributed by atoms with van der Waals surface area (Å²) in [5.41, 5.74) is 0. The predicted molar refractivity (Wildman–Crippen MR) is 67.1 cm³/mol. The number of hydrogen-bond acceptors (Lipinski definition) is 4. The molecule has 2 fully saturated rings. The molecule has 2 rings (SSSR count). The second kappa shape index (κ2) is 5.87. The van der Waals surface area contributed by atoms with Crippen LogP contribution < -0.4 is 0 Å². The van der Waals surface area contributed by atoms with Crippen LogP contribution in [0.3, 0.4) is 0 Å². The summed E-state index contributed by atoms with van der Waals surface area (Å²) in [6.45, 7) is 4.09. The lowest BCUT2D eigenvalue weighted by Gasteiger charge is -2.26. The van der Waals surface area contributed by atoms with Crippen LogP contribution in [0.5, 0.6) is 0 Å². The van der Waals surface area contributed by atoms with E-state index in [4.69, 9.17) is 4.74 Å². The van der Waals surface area contributed by atoms with Crippen LogP contribution in [-0.4, -0.2) is 53.4 Å². The fourth-order valence-electron chi connectivity index (χ4n) is 2.21. The van der Waals surface area contributed by atoms with Gasteiger partial charge in [-0.3, -0.25) is 9.59 Å². The first-order valence-electron chi connectivity index (χ1n) is 6.19. The molecule has 2 unspecified atom stereocenters. The standard InChI is InChI=1S/C12H19NO3S/c1-9-11(4-7-16-9)17-8-12(15)13-5-2-10(14)3-6-13/h9,11H,2-8H2,1H3. The van der Waals surface area contributed by atoms with E-state index in [0.717, 1.165) is 13.0 Å². The average molecular weight is 257 g/mol. The zero-order valence-corrected chi connectivity index (χ0v) is 11.0. The fourth-order valence-corrected chi connectivity index (χ4v) is 3.36. The molecule has 0 bridgehead atoms. The molecule has 0 radical (unpaired) electrons. The van der Waals surface area contributed by atoms with Gasteiger partial charge in [-0.25, -0.2) is 0 Å². The Morgan fingerprint density at radius 3 is 2.76 bits per heavy atom. The van der Waals surface area contributed by atoms with Gasteiger partial charge >= 0.3 is 0 Å². The monoisotopic (exact) mass is 257 g/mol. The van der Waals surface area contributed by atoms with E-state index in [2.05, 4.69) is 6.92 Å². The van der Waals surface area contributed by atoms with Gasteiger partial charge in [-0.1, -0.05) is 0 Å². The van der Waals surface area contributed by atoms with Crippen molar-refractivity contribution in [3.8, 4) is 0 Å². The van der Waals surface area contributed by atoms with Crippen LogP contribution in [0.4, 0.5) is 0 Å². The Hall–Kier alpha value is -0.550. The molecule has 0 aromatic carbocycles. The molecule has 17 heavy (non-hydrogen) atoms. The number of likely N-dealkylation sites (tertiary alicyclic amines) is 1. The molecular weight excluding hydrogens is 238 g/mol. The minimum absolute atomic E-state index is 0.168. The Morgan fingerprint density at radius 2 is 2.18 bits per heavy atom. The largest absolute Gasteiger partial charge is 0.377 e. The number of piperidine rings is 1. The molecule has 0 spiro atoms. The Labute approximate surface area is 106 Å². The Bertz CT molecular complexity index is 298. The Balaban J connectivity index is 1.71. The van der Waals surface area contributed by atoms with E-state index in [1.165, 1.54) is 0 Å². The average Bonchev–Trinajstić information content (AvgIpc) is 2.73. The maximum Gasteiger partial charge on any atom is 0.232 e. The summed E-state index contributed by atoms with van der Waals surface area (Å²) in [5.74, 6) is 0.966. The van der Waals surface area contributed by atoms with Gasteiger partial charge in [-0.05, 0) is 13.3 Å². The van der Waals surface area contributed by atoms with E-state index in [9.17, 15) is 9.59 Å². The normalized spacial score (nSPS) is 29.7. The molecule has 2 aliphatic rings. The highest BCUT2D eigenvalue weighted by Crippen LogP contribution is 2.26. The van der Waals surface area contributed by atoms with Crippen LogP contribution in [0.25, 0.3) is 0 Å². The summed E-state index contributed by atoms with van der Waals surface area (Å²) in [7, 11) is 0. The van der Waals surface area contributed by atoms with Crippen LogP contribution >= 0.6 is 11.8 Å². The molecule has 0 aromatic rings. The third kappa shape index (κ3) is 3.45. The maximum absolute atomic E-state index is 11.9. The quantitative estimate of drug-likeness (QED) is 0.759. The number of ketones is 1. The zero-order chi connectivity index (χ0) is 12.3. The van der Waals surface area contributed by atoms with Crippen molar-refractivity contribution in [1.29, 1.82) is 0 Å². The molecule has 5 heteroatoms. The first-order chi connectivity index (χ1) is 8.16. The number of rotatable bonds is 3. The van der Waals surface area contributed by atoms with Crippen LogP contribution in [0.15, 0.2) is 0 Å². The summed E-state index contributed by atoms with van der Waals surface area (Å²) in [4.78, 5) is 24.8. The molecular formula is C12H19NO3S. The van der Waals surface area contributed by atoms with Gasteiger partial charge in [-0.2, -0.15) is 0 Å². The van der Waals surface area contributed by atoms with Gasteiger partial charge in [-0.15, -0.1) is 11.8 Å². The van der Waals surface area contributed by atoms with Gasteiger partial charge in [0, 0.05) is 37.8 Å². The Kier molecular flexibility index (Phi) is 4.45. The Morgan fingerprint density at radius 1 is 1.47 bits per heavy atom. The van der Waals surface area contributed by atoms with Gasteiger partial charge in [0.2, 0.25) is 5.91 Å². The van der Waals surface area contributed by atoms with E-state index in [-0.39, 0.29) is 17.8 Å². The highest BCUT2D eigenvalue weighted by Gasteiger charge is 2.27. The zero-order valence-electron chi connectivity index (χ0n) is 10.2. The highest BCUT2D eigenvalue weighted by molar-refractivity contribution is 8.00. The smallest absolute Gasteiger partial charge is 0.232 e. The number of carbonyl (C=O) groups is 2. The van der Waals surface area contributed by atoms with Crippen molar-refractivity contribution in [2.75, 3.05) is 25.4 Å². The summed E-state index contributed by atoms with van der Waals surface area (Å²) < 4.78 is 5.47. The molecule has 96 valence electrons. The highest BCUT2D eigenvalue weighted by atomic mass is 32.2. The van der Waals surface area contributed by atoms with E-state index < -0.39 is 0 Å². The summed E-state index contributed by atoms with van der Waals surface area (Å²) in [5, 5.41) is 0.449. The summed E-state index contributed by atoms with van der Waals surface area (Å²) in [6.07, 6.45) is 2.35. The van der Waals surface area contributed by atoms with Crippen LogP contribution in [0, 0.1) is 0 Å². The molecule has 1 amide bonds. The van der Waals surface area contributed by atoms with Gasteiger partial charge in [0.15, 0.2) is 0 Å². The van der Waals surface area contributed by atoms with E-state index in [0.29, 0.717) is 36.9 Å². The fraction of sp³-hybridized carbons (Fsp3) is 0.833. The van der Waals surface area contributed by atoms with Crippen molar-refractivity contribution in [1.82, 2.24) is 4.90 Å². The predicted octanol–water partition coefficient (Wildman–Crippen LogP) is 1.09. The third-order valence-electron chi connectivity index (χ3n) is 3.40. The van der Waals surface area contributed by atoms with Crippen LogP contribution in [-0.2, 0) is 14.3 Å². The van der Waals surface area contributed by atoms with Gasteiger partial charge < -0.3 is 9.64 Å². The molecule has 4 nitrogen and oxygen atoms in total. The summed E-state index contributed by atoms with van der Waals surface area (Å²) >= 11 is 1.69.